The predicted molar refractivity (Wildman–Crippen MR) is 76.4 cm³/mol. The van der Waals surface area contributed by atoms with Crippen LogP contribution in [0.1, 0.15) is 25.7 Å². The molecule has 0 spiro atoms. The molecule has 1 saturated carbocycles. The Morgan fingerprint density at radius 2 is 1.55 bits per heavy atom. The van der Waals surface area contributed by atoms with Crippen LogP contribution in [0.4, 0.5) is 5.95 Å². The number of anilines is 1. The van der Waals surface area contributed by atoms with Gasteiger partial charge >= 0.3 is 12.0 Å². The molecule has 1 fully saturated rings. The number of nitrogens with one attached hydrogen (secondary N) is 1. The first-order valence-electron chi connectivity index (χ1n) is 6.92. The Labute approximate surface area is 119 Å². The summed E-state index contributed by atoms with van der Waals surface area (Å²) in [6.07, 6.45) is 4.59. The molecule has 1 heterocycles. The van der Waals surface area contributed by atoms with Gasteiger partial charge in [-0.3, -0.25) is 0 Å². The second-order valence-electron chi connectivity index (χ2n) is 5.01. The third kappa shape index (κ3) is 3.27. The highest BCUT2D eigenvalue weighted by Gasteiger charge is 2.25. The number of rotatable bonds is 5. The third-order valence-corrected chi connectivity index (χ3v) is 3.92. The van der Waals surface area contributed by atoms with Crippen molar-refractivity contribution in [3.8, 4) is 12.0 Å². The van der Waals surface area contributed by atoms with E-state index in [0.29, 0.717) is 18.0 Å². The first-order valence-corrected chi connectivity index (χ1v) is 6.92. The van der Waals surface area contributed by atoms with Crippen LogP contribution in [0, 0.1) is 0 Å². The second kappa shape index (κ2) is 6.69. The lowest BCUT2D eigenvalue weighted by atomic mass is 9.90. The Balaban J connectivity index is 2.10. The number of ether oxygens (including phenoxy) is 2. The van der Waals surface area contributed by atoms with Gasteiger partial charge in [0, 0.05) is 19.1 Å². The van der Waals surface area contributed by atoms with Gasteiger partial charge in [-0.15, -0.1) is 4.98 Å². The molecule has 0 atom stereocenters. The van der Waals surface area contributed by atoms with E-state index in [1.54, 1.807) is 0 Å². The van der Waals surface area contributed by atoms with Gasteiger partial charge in [0.15, 0.2) is 0 Å². The van der Waals surface area contributed by atoms with Crippen molar-refractivity contribution < 1.29 is 9.47 Å². The van der Waals surface area contributed by atoms with E-state index < -0.39 is 0 Å². The SMILES string of the molecule is CNC1CCC(N(C)c2nc(OC)nc(OC)n2)CC1. The summed E-state index contributed by atoms with van der Waals surface area (Å²) in [7, 11) is 7.11. The summed E-state index contributed by atoms with van der Waals surface area (Å²) < 4.78 is 10.2. The molecule has 0 amide bonds. The zero-order valence-corrected chi connectivity index (χ0v) is 12.6. The van der Waals surface area contributed by atoms with E-state index in [1.165, 1.54) is 27.1 Å². The minimum Gasteiger partial charge on any atom is -0.467 e. The number of aromatic nitrogens is 3. The van der Waals surface area contributed by atoms with Crippen molar-refractivity contribution in [1.82, 2.24) is 20.3 Å². The largest absolute Gasteiger partial charge is 0.467 e. The molecule has 0 bridgehead atoms. The van der Waals surface area contributed by atoms with Crippen molar-refractivity contribution in [1.29, 1.82) is 0 Å². The standard InChI is InChI=1S/C13H23N5O2/c1-14-9-5-7-10(8-6-9)18(2)11-15-12(19-3)17-13(16-11)20-4/h9-10,14H,5-8H2,1-4H3. The molecule has 1 aliphatic rings. The summed E-state index contributed by atoms with van der Waals surface area (Å²) in [4.78, 5) is 14.7. The van der Waals surface area contributed by atoms with Crippen LogP contribution in [0.2, 0.25) is 0 Å². The van der Waals surface area contributed by atoms with Gasteiger partial charge in [0.2, 0.25) is 5.95 Å². The Morgan fingerprint density at radius 1 is 1.00 bits per heavy atom. The van der Waals surface area contributed by atoms with E-state index in [-0.39, 0.29) is 12.0 Å². The summed E-state index contributed by atoms with van der Waals surface area (Å²) in [5.41, 5.74) is 0. The zero-order chi connectivity index (χ0) is 14.5. The Hall–Kier alpha value is -1.63. The minimum absolute atomic E-state index is 0.280. The summed E-state index contributed by atoms with van der Waals surface area (Å²) in [5, 5.41) is 3.34. The molecule has 112 valence electrons. The van der Waals surface area contributed by atoms with Crippen molar-refractivity contribution in [2.45, 2.75) is 37.8 Å². The van der Waals surface area contributed by atoms with E-state index in [0.717, 1.165) is 12.8 Å². The molecule has 2 rings (SSSR count). The smallest absolute Gasteiger partial charge is 0.324 e. The Morgan fingerprint density at radius 3 is 2.00 bits per heavy atom. The Kier molecular flexibility index (Phi) is 4.94. The van der Waals surface area contributed by atoms with Crippen LogP contribution in [0.25, 0.3) is 0 Å². The van der Waals surface area contributed by atoms with Gasteiger partial charge in [-0.1, -0.05) is 0 Å². The molecular formula is C13H23N5O2. The van der Waals surface area contributed by atoms with Crippen molar-refractivity contribution in [3.63, 3.8) is 0 Å². The summed E-state index contributed by atoms with van der Waals surface area (Å²) in [6.45, 7) is 0. The summed E-state index contributed by atoms with van der Waals surface area (Å²) >= 11 is 0. The van der Waals surface area contributed by atoms with Crippen molar-refractivity contribution in [2.24, 2.45) is 0 Å². The number of hydrogen-bond acceptors (Lipinski definition) is 7. The maximum absolute atomic E-state index is 5.09. The van der Waals surface area contributed by atoms with Crippen molar-refractivity contribution in [3.05, 3.63) is 0 Å². The lowest BCUT2D eigenvalue weighted by Crippen LogP contribution is -2.40. The molecule has 0 saturated heterocycles. The molecule has 0 radical (unpaired) electrons. The molecule has 7 heteroatoms. The quantitative estimate of drug-likeness (QED) is 0.858. The molecule has 1 aromatic rings. The second-order valence-corrected chi connectivity index (χ2v) is 5.01. The average molecular weight is 281 g/mol. The van der Waals surface area contributed by atoms with Crippen molar-refractivity contribution >= 4 is 5.95 Å². The summed E-state index contributed by atoms with van der Waals surface area (Å²) in [5.74, 6) is 0.599. The molecule has 0 aromatic carbocycles. The molecule has 7 nitrogen and oxygen atoms in total. The molecule has 0 unspecified atom stereocenters. The van der Waals surface area contributed by atoms with Gasteiger partial charge in [0.05, 0.1) is 14.2 Å². The number of nitrogens with zero attached hydrogens (tertiary/aromatic N) is 4. The van der Waals surface area contributed by atoms with E-state index >= 15 is 0 Å². The lowest BCUT2D eigenvalue weighted by molar-refractivity contribution is 0.331. The van der Waals surface area contributed by atoms with Crippen LogP contribution in [-0.4, -0.2) is 55.4 Å². The molecule has 20 heavy (non-hydrogen) atoms. The summed E-state index contributed by atoms with van der Waals surface area (Å²) in [6, 6.07) is 1.63. The van der Waals surface area contributed by atoms with Crippen LogP contribution in [0.15, 0.2) is 0 Å². The highest BCUT2D eigenvalue weighted by Crippen LogP contribution is 2.25. The fourth-order valence-electron chi connectivity index (χ4n) is 2.58. The highest BCUT2D eigenvalue weighted by atomic mass is 16.5. The van der Waals surface area contributed by atoms with Gasteiger partial charge in [-0.25, -0.2) is 0 Å². The monoisotopic (exact) mass is 281 g/mol. The van der Waals surface area contributed by atoms with Crippen LogP contribution in [0.5, 0.6) is 12.0 Å². The fourth-order valence-corrected chi connectivity index (χ4v) is 2.58. The predicted octanol–water partition coefficient (Wildman–Crippen LogP) is 0.856. The van der Waals surface area contributed by atoms with Crippen LogP contribution < -0.4 is 19.7 Å². The molecule has 1 aliphatic carbocycles. The fraction of sp³-hybridized carbons (Fsp3) is 0.769. The normalized spacial score (nSPS) is 22.4. The number of hydrogen-bond donors (Lipinski definition) is 1. The van der Waals surface area contributed by atoms with Crippen LogP contribution >= 0.6 is 0 Å². The molecular weight excluding hydrogens is 258 g/mol. The highest BCUT2D eigenvalue weighted by molar-refractivity contribution is 5.32. The van der Waals surface area contributed by atoms with Crippen molar-refractivity contribution in [2.75, 3.05) is 33.2 Å². The topological polar surface area (TPSA) is 72.4 Å². The van der Waals surface area contributed by atoms with E-state index in [2.05, 4.69) is 25.2 Å². The maximum Gasteiger partial charge on any atom is 0.324 e. The van der Waals surface area contributed by atoms with Gasteiger partial charge < -0.3 is 19.7 Å². The minimum atomic E-state index is 0.280. The average Bonchev–Trinajstić information content (AvgIpc) is 2.53. The number of methoxy groups -OCH3 is 2. The van der Waals surface area contributed by atoms with Gasteiger partial charge in [0.25, 0.3) is 0 Å². The third-order valence-electron chi connectivity index (χ3n) is 3.92. The van der Waals surface area contributed by atoms with E-state index in [4.69, 9.17) is 9.47 Å². The van der Waals surface area contributed by atoms with Gasteiger partial charge in [0.1, 0.15) is 0 Å². The molecule has 1 aromatic heterocycles. The molecule has 1 N–H and O–H groups in total. The van der Waals surface area contributed by atoms with E-state index in [9.17, 15) is 0 Å². The Bertz CT molecular complexity index is 413. The maximum atomic E-state index is 5.09. The van der Waals surface area contributed by atoms with Crippen LogP contribution in [0.3, 0.4) is 0 Å². The van der Waals surface area contributed by atoms with Gasteiger partial charge in [-0.05, 0) is 32.7 Å². The van der Waals surface area contributed by atoms with E-state index in [1.807, 2.05) is 14.1 Å². The zero-order valence-electron chi connectivity index (χ0n) is 12.6. The van der Waals surface area contributed by atoms with Crippen LogP contribution in [-0.2, 0) is 0 Å². The first-order chi connectivity index (χ1) is 9.67. The van der Waals surface area contributed by atoms with Gasteiger partial charge in [-0.2, -0.15) is 9.97 Å². The molecule has 0 aliphatic heterocycles. The first kappa shape index (κ1) is 14.8. The lowest BCUT2D eigenvalue weighted by Gasteiger charge is -2.34.